The van der Waals surface area contributed by atoms with Crippen LogP contribution < -0.4 is 10.6 Å². The van der Waals surface area contributed by atoms with Crippen molar-refractivity contribution in [1.29, 1.82) is 0 Å². The molecule has 0 aliphatic heterocycles. The molecule has 0 saturated heterocycles. The number of esters is 1. The second-order valence-electron chi connectivity index (χ2n) is 9.12. The molecule has 0 bridgehead atoms. The molecular formula is C30H33N5O4. The molecular weight excluding hydrogens is 494 g/mol. The molecule has 1 amide bonds. The van der Waals surface area contributed by atoms with Gasteiger partial charge in [-0.15, -0.1) is 0 Å². The van der Waals surface area contributed by atoms with E-state index >= 15 is 0 Å². The Bertz CT molecular complexity index is 1350. The van der Waals surface area contributed by atoms with Gasteiger partial charge in [-0.3, -0.25) is 9.78 Å². The molecule has 0 spiro atoms. The van der Waals surface area contributed by atoms with Crippen molar-refractivity contribution in [1.82, 2.24) is 20.4 Å². The molecule has 2 aromatic heterocycles. The summed E-state index contributed by atoms with van der Waals surface area (Å²) in [5.74, 6) is 0.103. The Kier molecular flexibility index (Phi) is 9.39. The van der Waals surface area contributed by atoms with Crippen molar-refractivity contribution in [2.75, 3.05) is 11.9 Å². The summed E-state index contributed by atoms with van der Waals surface area (Å²) in [5, 5.41) is 10.4. The highest BCUT2D eigenvalue weighted by Crippen LogP contribution is 2.28. The van der Waals surface area contributed by atoms with E-state index in [0.717, 1.165) is 36.1 Å². The van der Waals surface area contributed by atoms with Crippen LogP contribution >= 0.6 is 0 Å². The van der Waals surface area contributed by atoms with Gasteiger partial charge in [0.25, 0.3) is 11.8 Å². The lowest BCUT2D eigenvalue weighted by Crippen LogP contribution is -2.39. The molecule has 0 fully saturated rings. The standard InChI is InChI=1S/C30H33N5O4/c1-4-6-9-25(33-24-17-15-23(16-18-24)28(36)32-20(3)30(37)38-5-2)21-11-13-22(14-12-21)27-34-29(39-35-27)26-10-7-8-19-31-26/h7-8,10-20,25,33H,4-6,9H2,1-3H3,(H,32,36)/t20-,25?/m1/s1. The monoisotopic (exact) mass is 527 g/mol. The fourth-order valence-electron chi connectivity index (χ4n) is 4.05. The highest BCUT2D eigenvalue weighted by atomic mass is 16.5. The van der Waals surface area contributed by atoms with Gasteiger partial charge in [0.1, 0.15) is 11.7 Å². The smallest absolute Gasteiger partial charge is 0.328 e. The number of nitrogens with zero attached hydrogens (tertiary/aromatic N) is 3. The van der Waals surface area contributed by atoms with Crippen molar-refractivity contribution in [3.8, 4) is 23.0 Å². The van der Waals surface area contributed by atoms with E-state index in [4.69, 9.17) is 9.26 Å². The average molecular weight is 528 g/mol. The average Bonchev–Trinajstić information content (AvgIpc) is 3.47. The quantitative estimate of drug-likeness (QED) is 0.221. The second kappa shape index (κ2) is 13.3. The number of carbonyl (C=O) groups excluding carboxylic acids is 2. The number of hydrogen-bond acceptors (Lipinski definition) is 8. The fourth-order valence-corrected chi connectivity index (χ4v) is 4.05. The zero-order chi connectivity index (χ0) is 27.6. The number of amides is 1. The maximum absolute atomic E-state index is 12.5. The topological polar surface area (TPSA) is 119 Å². The lowest BCUT2D eigenvalue weighted by molar-refractivity contribution is -0.144. The van der Waals surface area contributed by atoms with E-state index in [1.165, 1.54) is 0 Å². The van der Waals surface area contributed by atoms with Crippen LogP contribution in [0.15, 0.2) is 77.4 Å². The molecule has 0 saturated carbocycles. The van der Waals surface area contributed by atoms with Gasteiger partial charge in [-0.1, -0.05) is 55.3 Å². The van der Waals surface area contributed by atoms with Crippen molar-refractivity contribution in [2.24, 2.45) is 0 Å². The highest BCUT2D eigenvalue weighted by molar-refractivity contribution is 5.97. The Morgan fingerprint density at radius 3 is 2.44 bits per heavy atom. The first-order valence-electron chi connectivity index (χ1n) is 13.2. The van der Waals surface area contributed by atoms with E-state index in [2.05, 4.69) is 44.8 Å². The van der Waals surface area contributed by atoms with Crippen LogP contribution in [0.5, 0.6) is 0 Å². The minimum Gasteiger partial charge on any atom is -0.464 e. The van der Waals surface area contributed by atoms with E-state index in [-0.39, 0.29) is 18.6 Å². The molecule has 0 aliphatic rings. The molecule has 4 rings (SSSR count). The van der Waals surface area contributed by atoms with Crippen LogP contribution in [0.1, 0.15) is 62.0 Å². The van der Waals surface area contributed by atoms with Crippen LogP contribution in [-0.4, -0.2) is 39.6 Å². The number of pyridine rings is 1. The Morgan fingerprint density at radius 2 is 1.77 bits per heavy atom. The van der Waals surface area contributed by atoms with Crippen molar-refractivity contribution in [3.63, 3.8) is 0 Å². The van der Waals surface area contributed by atoms with Gasteiger partial charge in [0.15, 0.2) is 0 Å². The van der Waals surface area contributed by atoms with Gasteiger partial charge in [-0.05, 0) is 62.2 Å². The molecule has 202 valence electrons. The minimum absolute atomic E-state index is 0.0804. The second-order valence-corrected chi connectivity index (χ2v) is 9.12. The number of benzene rings is 2. The third kappa shape index (κ3) is 7.28. The molecule has 9 heteroatoms. The van der Waals surface area contributed by atoms with Crippen molar-refractivity contribution in [3.05, 3.63) is 84.1 Å². The number of ether oxygens (including phenoxy) is 1. The molecule has 1 unspecified atom stereocenters. The van der Waals surface area contributed by atoms with Gasteiger partial charge in [0.2, 0.25) is 5.82 Å². The summed E-state index contributed by atoms with van der Waals surface area (Å²) in [6.45, 7) is 5.77. The van der Waals surface area contributed by atoms with E-state index in [1.807, 2.05) is 42.5 Å². The molecule has 39 heavy (non-hydrogen) atoms. The Morgan fingerprint density at radius 1 is 1.00 bits per heavy atom. The van der Waals surface area contributed by atoms with E-state index < -0.39 is 12.0 Å². The van der Waals surface area contributed by atoms with Crippen molar-refractivity contribution in [2.45, 2.75) is 52.1 Å². The van der Waals surface area contributed by atoms with Crippen LogP contribution in [0.25, 0.3) is 23.0 Å². The minimum atomic E-state index is -0.717. The van der Waals surface area contributed by atoms with Crippen LogP contribution in [-0.2, 0) is 9.53 Å². The lowest BCUT2D eigenvalue weighted by atomic mass is 9.99. The lowest BCUT2D eigenvalue weighted by Gasteiger charge is -2.21. The van der Waals surface area contributed by atoms with E-state index in [0.29, 0.717) is 23.0 Å². The number of carbonyl (C=O) groups is 2. The van der Waals surface area contributed by atoms with Crippen LogP contribution in [0, 0.1) is 0 Å². The summed E-state index contributed by atoms with van der Waals surface area (Å²) >= 11 is 0. The zero-order valence-electron chi connectivity index (χ0n) is 22.4. The van der Waals surface area contributed by atoms with Gasteiger partial charge in [0.05, 0.1) is 12.6 Å². The van der Waals surface area contributed by atoms with Gasteiger partial charge >= 0.3 is 5.97 Å². The number of hydrogen-bond donors (Lipinski definition) is 2. The number of aromatic nitrogens is 3. The maximum atomic E-state index is 12.5. The molecule has 2 atom stereocenters. The number of unbranched alkanes of at least 4 members (excludes halogenated alkanes) is 1. The summed E-state index contributed by atoms with van der Waals surface area (Å²) in [5.41, 5.74) is 3.98. The number of nitrogens with one attached hydrogen (secondary N) is 2. The predicted molar refractivity (Wildman–Crippen MR) is 149 cm³/mol. The first-order chi connectivity index (χ1) is 19.0. The summed E-state index contributed by atoms with van der Waals surface area (Å²) in [6.07, 6.45) is 4.77. The summed E-state index contributed by atoms with van der Waals surface area (Å²) < 4.78 is 10.3. The van der Waals surface area contributed by atoms with Gasteiger partial charge < -0.3 is 19.9 Å². The molecule has 2 heterocycles. The predicted octanol–water partition coefficient (Wildman–Crippen LogP) is 5.82. The van der Waals surface area contributed by atoms with Gasteiger partial charge in [0, 0.05) is 23.0 Å². The molecule has 2 N–H and O–H groups in total. The molecule has 4 aromatic rings. The van der Waals surface area contributed by atoms with Crippen molar-refractivity contribution < 1.29 is 18.8 Å². The van der Waals surface area contributed by atoms with E-state index in [1.54, 1.807) is 32.2 Å². The van der Waals surface area contributed by atoms with Gasteiger partial charge in [-0.25, -0.2) is 4.79 Å². The SMILES string of the molecule is CCCCC(Nc1ccc(C(=O)N[C@H](C)C(=O)OCC)cc1)c1ccc(-c2noc(-c3ccccn3)n2)cc1. The van der Waals surface area contributed by atoms with Crippen LogP contribution in [0.2, 0.25) is 0 Å². The highest BCUT2D eigenvalue weighted by Gasteiger charge is 2.18. The van der Waals surface area contributed by atoms with E-state index in [9.17, 15) is 9.59 Å². The molecule has 9 nitrogen and oxygen atoms in total. The Labute approximate surface area is 228 Å². The molecule has 2 aromatic carbocycles. The summed E-state index contributed by atoms with van der Waals surface area (Å²) in [6, 6.07) is 20.2. The summed E-state index contributed by atoms with van der Waals surface area (Å²) in [4.78, 5) is 33.1. The van der Waals surface area contributed by atoms with Crippen molar-refractivity contribution >= 4 is 17.6 Å². The first-order valence-corrected chi connectivity index (χ1v) is 13.2. The molecule has 0 radical (unpaired) electrons. The normalized spacial score (nSPS) is 12.4. The zero-order valence-corrected chi connectivity index (χ0v) is 22.4. The first kappa shape index (κ1) is 27.5. The third-order valence-electron chi connectivity index (χ3n) is 6.20. The largest absolute Gasteiger partial charge is 0.464 e. The number of rotatable bonds is 12. The van der Waals surface area contributed by atoms with Gasteiger partial charge in [-0.2, -0.15) is 4.98 Å². The number of anilines is 1. The maximum Gasteiger partial charge on any atom is 0.328 e. The fraction of sp³-hybridized carbons (Fsp3) is 0.300. The Hall–Kier alpha value is -4.53. The van der Waals surface area contributed by atoms with Crippen LogP contribution in [0.4, 0.5) is 5.69 Å². The molecule has 0 aliphatic carbocycles. The summed E-state index contributed by atoms with van der Waals surface area (Å²) in [7, 11) is 0. The third-order valence-corrected chi connectivity index (χ3v) is 6.20. The van der Waals surface area contributed by atoms with Crippen LogP contribution in [0.3, 0.4) is 0 Å². The Balaban J connectivity index is 1.43.